The van der Waals surface area contributed by atoms with Gasteiger partial charge in [-0.25, -0.2) is 14.4 Å². The van der Waals surface area contributed by atoms with Crippen molar-refractivity contribution in [2.75, 3.05) is 23.3 Å². The molecule has 8 heteroatoms. The van der Waals surface area contributed by atoms with Crippen molar-refractivity contribution < 1.29 is 14.0 Å². The number of anilines is 2. The summed E-state index contributed by atoms with van der Waals surface area (Å²) in [5, 5.41) is 5.71. The maximum atomic E-state index is 14.3. The molecule has 1 aliphatic heterocycles. The van der Waals surface area contributed by atoms with E-state index in [1.54, 1.807) is 13.8 Å². The number of amides is 2. The Morgan fingerprint density at radius 3 is 2.56 bits per heavy atom. The highest BCUT2D eigenvalue weighted by Gasteiger charge is 2.24. The van der Waals surface area contributed by atoms with Crippen LogP contribution in [-0.2, 0) is 4.79 Å². The van der Waals surface area contributed by atoms with Crippen molar-refractivity contribution >= 4 is 34.2 Å². The zero-order valence-electron chi connectivity index (χ0n) is 19.8. The first-order chi connectivity index (χ1) is 16.4. The molecule has 0 saturated carbocycles. The Balaban J connectivity index is 1.54. The van der Waals surface area contributed by atoms with Gasteiger partial charge in [0.1, 0.15) is 17.4 Å². The minimum absolute atomic E-state index is 0.0653. The van der Waals surface area contributed by atoms with Crippen LogP contribution in [0.15, 0.2) is 36.4 Å². The summed E-state index contributed by atoms with van der Waals surface area (Å²) in [6.07, 6.45) is 3.47. The van der Waals surface area contributed by atoms with E-state index in [1.807, 2.05) is 31.2 Å². The molecule has 2 N–H and O–H groups in total. The molecule has 4 rings (SSSR count). The van der Waals surface area contributed by atoms with E-state index in [4.69, 9.17) is 0 Å². The lowest BCUT2D eigenvalue weighted by Crippen LogP contribution is -2.43. The van der Waals surface area contributed by atoms with Crippen LogP contribution in [0.3, 0.4) is 0 Å². The molecule has 0 spiro atoms. The molecule has 1 aromatic heterocycles. The Bertz CT molecular complexity index is 1220. The molecule has 2 aromatic carbocycles. The van der Waals surface area contributed by atoms with Crippen LogP contribution in [0.25, 0.3) is 11.0 Å². The number of nitrogens with zero attached hydrogens (tertiary/aromatic N) is 3. The zero-order chi connectivity index (χ0) is 24.2. The van der Waals surface area contributed by atoms with E-state index in [2.05, 4.69) is 25.5 Å². The largest absolute Gasteiger partial charge is 0.371 e. The predicted octanol–water partition coefficient (Wildman–Crippen LogP) is 4.52. The van der Waals surface area contributed by atoms with Crippen molar-refractivity contribution in [2.45, 2.75) is 52.5 Å². The number of carbonyl (C=O) groups is 2. The first-order valence-electron chi connectivity index (χ1n) is 11.8. The van der Waals surface area contributed by atoms with E-state index < -0.39 is 17.8 Å². The van der Waals surface area contributed by atoms with Gasteiger partial charge in [-0.05, 0) is 57.4 Å². The summed E-state index contributed by atoms with van der Waals surface area (Å²) in [6.45, 7) is 7.53. The molecule has 1 unspecified atom stereocenters. The van der Waals surface area contributed by atoms with Crippen LogP contribution in [0.1, 0.15) is 54.4 Å². The molecule has 0 aliphatic carbocycles. The lowest BCUT2D eigenvalue weighted by molar-refractivity contribution is -0.118. The van der Waals surface area contributed by atoms with Gasteiger partial charge in [-0.2, -0.15) is 0 Å². The van der Waals surface area contributed by atoms with Crippen molar-refractivity contribution in [3.63, 3.8) is 0 Å². The molecule has 2 heterocycles. The lowest BCUT2D eigenvalue weighted by Gasteiger charge is -2.21. The van der Waals surface area contributed by atoms with E-state index in [-0.39, 0.29) is 11.5 Å². The minimum Gasteiger partial charge on any atom is -0.371 e. The minimum atomic E-state index is -0.772. The molecule has 1 saturated heterocycles. The Morgan fingerprint density at radius 2 is 1.82 bits per heavy atom. The van der Waals surface area contributed by atoms with E-state index in [0.717, 1.165) is 24.8 Å². The molecular weight excluding hydrogens is 433 g/mol. The Morgan fingerprint density at radius 1 is 1.09 bits per heavy atom. The van der Waals surface area contributed by atoms with Gasteiger partial charge in [-0.3, -0.25) is 9.59 Å². The fraction of sp³-hybridized carbons (Fsp3) is 0.385. The van der Waals surface area contributed by atoms with Gasteiger partial charge in [-0.1, -0.05) is 19.4 Å². The average Bonchev–Trinajstić information content (AvgIpc) is 3.34. The lowest BCUT2D eigenvalue weighted by atomic mass is 10.1. The number of aryl methyl sites for hydroxylation is 2. The quantitative estimate of drug-likeness (QED) is 0.538. The van der Waals surface area contributed by atoms with Crippen LogP contribution in [0.2, 0.25) is 0 Å². The topological polar surface area (TPSA) is 87.2 Å². The second-order valence-corrected chi connectivity index (χ2v) is 8.76. The Labute approximate surface area is 198 Å². The van der Waals surface area contributed by atoms with Gasteiger partial charge in [0.25, 0.3) is 5.91 Å². The summed E-state index contributed by atoms with van der Waals surface area (Å²) >= 11 is 0. The number of carbonyl (C=O) groups excluding carboxylic acids is 2. The molecule has 2 amide bonds. The number of fused-ring (bicyclic) bond motifs is 1. The number of rotatable bonds is 7. The molecule has 34 heavy (non-hydrogen) atoms. The van der Waals surface area contributed by atoms with Crippen LogP contribution in [0.4, 0.5) is 15.8 Å². The van der Waals surface area contributed by atoms with Gasteiger partial charge in [0.05, 0.1) is 22.5 Å². The fourth-order valence-corrected chi connectivity index (χ4v) is 4.25. The van der Waals surface area contributed by atoms with Gasteiger partial charge in [-0.15, -0.1) is 0 Å². The monoisotopic (exact) mass is 463 g/mol. The summed E-state index contributed by atoms with van der Waals surface area (Å²) in [6, 6.07) is 9.37. The second kappa shape index (κ2) is 10.2. The summed E-state index contributed by atoms with van der Waals surface area (Å²) in [7, 11) is 0. The highest BCUT2D eigenvalue weighted by Crippen LogP contribution is 2.24. The highest BCUT2D eigenvalue weighted by molar-refractivity contribution is 6.07. The van der Waals surface area contributed by atoms with Gasteiger partial charge < -0.3 is 15.5 Å². The Kier molecular flexibility index (Phi) is 7.05. The van der Waals surface area contributed by atoms with E-state index in [9.17, 15) is 14.0 Å². The van der Waals surface area contributed by atoms with Crippen molar-refractivity contribution in [3.05, 3.63) is 59.2 Å². The Hall–Kier alpha value is -3.55. The molecule has 1 atom stereocenters. The van der Waals surface area contributed by atoms with Crippen LogP contribution >= 0.6 is 0 Å². The SMILES string of the molecule is CCCC(NC(=O)c1cc(F)cc2nc(C)c(C)nc12)C(=O)Nc1cccc(N2CCCC2)c1. The summed E-state index contributed by atoms with van der Waals surface area (Å²) < 4.78 is 14.3. The van der Waals surface area contributed by atoms with Gasteiger partial charge >= 0.3 is 0 Å². The first-order valence-corrected chi connectivity index (χ1v) is 11.8. The molecule has 1 aliphatic rings. The third-order valence-electron chi connectivity index (χ3n) is 6.17. The molecular formula is C26H30FN5O2. The van der Waals surface area contributed by atoms with E-state index in [1.165, 1.54) is 18.9 Å². The molecule has 0 radical (unpaired) electrons. The summed E-state index contributed by atoms with van der Waals surface area (Å²) in [5.74, 6) is -1.44. The zero-order valence-corrected chi connectivity index (χ0v) is 19.8. The third kappa shape index (κ3) is 5.16. The average molecular weight is 464 g/mol. The third-order valence-corrected chi connectivity index (χ3v) is 6.17. The van der Waals surface area contributed by atoms with Crippen LogP contribution in [0, 0.1) is 19.7 Å². The number of nitrogens with one attached hydrogen (secondary N) is 2. The molecule has 3 aromatic rings. The maximum Gasteiger partial charge on any atom is 0.254 e. The van der Waals surface area contributed by atoms with Crippen LogP contribution in [0.5, 0.6) is 0 Å². The number of halogens is 1. The first kappa shape index (κ1) is 23.6. The number of hydrogen-bond donors (Lipinski definition) is 2. The van der Waals surface area contributed by atoms with Crippen molar-refractivity contribution in [1.82, 2.24) is 15.3 Å². The van der Waals surface area contributed by atoms with Gasteiger partial charge in [0.2, 0.25) is 5.91 Å². The summed E-state index contributed by atoms with van der Waals surface area (Å²) in [5.41, 5.74) is 3.77. The predicted molar refractivity (Wildman–Crippen MR) is 132 cm³/mol. The van der Waals surface area contributed by atoms with Crippen molar-refractivity contribution in [2.24, 2.45) is 0 Å². The number of hydrogen-bond acceptors (Lipinski definition) is 5. The van der Waals surface area contributed by atoms with Gasteiger partial charge in [0.15, 0.2) is 0 Å². The van der Waals surface area contributed by atoms with Crippen LogP contribution in [-0.4, -0.2) is 40.9 Å². The summed E-state index contributed by atoms with van der Waals surface area (Å²) in [4.78, 5) is 37.3. The standard InChI is InChI=1S/C26H30FN5O2/c1-4-8-22(26(34)30-19-9-7-10-20(15-19)32-11-5-6-12-32)31-25(33)21-13-18(27)14-23-24(21)29-17(3)16(2)28-23/h7,9-10,13-15,22H,4-6,8,11-12H2,1-3H3,(H,30,34)(H,31,33). The number of aromatic nitrogens is 2. The maximum absolute atomic E-state index is 14.3. The second-order valence-electron chi connectivity index (χ2n) is 8.76. The molecule has 178 valence electrons. The number of benzene rings is 2. The van der Waals surface area contributed by atoms with Crippen LogP contribution < -0.4 is 15.5 Å². The van der Waals surface area contributed by atoms with Crippen molar-refractivity contribution in [3.8, 4) is 0 Å². The van der Waals surface area contributed by atoms with Gasteiger partial charge in [0, 0.05) is 30.5 Å². The molecule has 7 nitrogen and oxygen atoms in total. The normalized spacial score (nSPS) is 14.3. The smallest absolute Gasteiger partial charge is 0.254 e. The van der Waals surface area contributed by atoms with Crippen molar-refractivity contribution in [1.29, 1.82) is 0 Å². The van der Waals surface area contributed by atoms with E-state index >= 15 is 0 Å². The fourth-order valence-electron chi connectivity index (χ4n) is 4.25. The van der Waals surface area contributed by atoms with E-state index in [0.29, 0.717) is 41.0 Å². The molecule has 1 fully saturated rings. The highest BCUT2D eigenvalue weighted by atomic mass is 19.1. The molecule has 0 bridgehead atoms.